The number of fused-ring (bicyclic) bond motifs is 1. The molecule has 0 saturated carbocycles. The van der Waals surface area contributed by atoms with Crippen LogP contribution in [0.1, 0.15) is 37.3 Å². The minimum atomic E-state index is -0.463. The lowest BCUT2D eigenvalue weighted by Gasteiger charge is -2.21. The number of ether oxygens (including phenoxy) is 2. The Morgan fingerprint density at radius 3 is 2.91 bits per heavy atom. The number of halogens is 2. The maximum atomic E-state index is 13.5. The highest BCUT2D eigenvalue weighted by Crippen LogP contribution is 2.32. The summed E-state index contributed by atoms with van der Waals surface area (Å²) in [6.07, 6.45) is 2.49. The number of amides is 1. The summed E-state index contributed by atoms with van der Waals surface area (Å²) >= 11 is 0. The maximum Gasteiger partial charge on any atom is 0.249 e. The van der Waals surface area contributed by atoms with Crippen molar-refractivity contribution in [1.29, 1.82) is 0 Å². The van der Waals surface area contributed by atoms with Crippen LogP contribution in [0.3, 0.4) is 0 Å². The van der Waals surface area contributed by atoms with Crippen molar-refractivity contribution >= 4 is 18.3 Å². The van der Waals surface area contributed by atoms with Crippen molar-refractivity contribution in [2.45, 2.75) is 43.9 Å². The molecule has 2 aliphatic rings. The van der Waals surface area contributed by atoms with Crippen LogP contribution in [0.5, 0.6) is 5.75 Å². The van der Waals surface area contributed by atoms with Gasteiger partial charge in [-0.2, -0.15) is 0 Å². The van der Waals surface area contributed by atoms with Gasteiger partial charge < -0.3 is 20.5 Å². The molecule has 3 N–H and O–H groups in total. The fraction of sp³-hybridized carbons (Fsp3) is 0.562. The predicted octanol–water partition coefficient (Wildman–Crippen LogP) is 2.08. The highest BCUT2D eigenvalue weighted by molar-refractivity contribution is 5.85. The molecule has 0 spiro atoms. The van der Waals surface area contributed by atoms with E-state index in [1.54, 1.807) is 6.07 Å². The zero-order chi connectivity index (χ0) is 15.5. The number of nitrogens with one attached hydrogen (secondary N) is 1. The highest BCUT2D eigenvalue weighted by Gasteiger charge is 2.32. The van der Waals surface area contributed by atoms with Crippen LogP contribution in [-0.2, 0) is 9.53 Å². The molecule has 128 valence electrons. The van der Waals surface area contributed by atoms with Crippen molar-refractivity contribution in [2.75, 3.05) is 13.2 Å². The molecule has 7 heteroatoms. The number of benzene rings is 1. The standard InChI is InChI=1S/C16H21FN2O3.ClH/c17-10-3-5-14-12(8-10)13(2-1-7-21-14)19-16(20)15-6-4-11(9-18)22-15;/h3,5,8,11,13,15H,1-2,4,6-7,9,18H2,(H,19,20);1H/t11-,13?,15+;/m1./s1. The lowest BCUT2D eigenvalue weighted by molar-refractivity contribution is -0.132. The summed E-state index contributed by atoms with van der Waals surface area (Å²) < 4.78 is 24.8. The Morgan fingerprint density at radius 2 is 2.17 bits per heavy atom. The second-order valence-electron chi connectivity index (χ2n) is 5.79. The van der Waals surface area contributed by atoms with E-state index in [0.717, 1.165) is 19.3 Å². The van der Waals surface area contributed by atoms with E-state index in [2.05, 4.69) is 5.32 Å². The third-order valence-corrected chi connectivity index (χ3v) is 4.22. The van der Waals surface area contributed by atoms with Crippen LogP contribution in [-0.4, -0.2) is 31.3 Å². The first-order valence-electron chi connectivity index (χ1n) is 7.75. The van der Waals surface area contributed by atoms with Crippen LogP contribution in [0.25, 0.3) is 0 Å². The summed E-state index contributed by atoms with van der Waals surface area (Å²) in [5, 5.41) is 2.98. The Kier molecular flexibility index (Phi) is 6.21. The molecule has 5 nitrogen and oxygen atoms in total. The van der Waals surface area contributed by atoms with Gasteiger partial charge in [-0.3, -0.25) is 4.79 Å². The maximum absolute atomic E-state index is 13.5. The van der Waals surface area contributed by atoms with Gasteiger partial charge in [0, 0.05) is 12.1 Å². The monoisotopic (exact) mass is 344 g/mol. The molecule has 1 aromatic rings. The molecule has 3 atom stereocenters. The van der Waals surface area contributed by atoms with E-state index >= 15 is 0 Å². The Hall–Kier alpha value is -1.37. The largest absolute Gasteiger partial charge is 0.493 e. The molecule has 0 radical (unpaired) electrons. The van der Waals surface area contributed by atoms with Gasteiger partial charge in [-0.05, 0) is 43.9 Å². The van der Waals surface area contributed by atoms with E-state index in [1.807, 2.05) is 0 Å². The number of carbonyl (C=O) groups excluding carboxylic acids is 1. The first-order chi connectivity index (χ1) is 10.7. The van der Waals surface area contributed by atoms with Gasteiger partial charge in [-0.1, -0.05) is 0 Å². The molecule has 1 amide bonds. The average molecular weight is 345 g/mol. The Labute approximate surface area is 141 Å². The summed E-state index contributed by atoms with van der Waals surface area (Å²) in [7, 11) is 0. The predicted molar refractivity (Wildman–Crippen MR) is 86.2 cm³/mol. The Bertz CT molecular complexity index is 558. The smallest absolute Gasteiger partial charge is 0.249 e. The molecule has 2 heterocycles. The number of carbonyl (C=O) groups is 1. The first kappa shape index (κ1) is 18.0. The lowest BCUT2D eigenvalue weighted by Crippen LogP contribution is -2.37. The summed E-state index contributed by atoms with van der Waals surface area (Å²) in [5.41, 5.74) is 6.26. The third-order valence-electron chi connectivity index (χ3n) is 4.22. The van der Waals surface area contributed by atoms with Gasteiger partial charge in [0.2, 0.25) is 5.91 Å². The van der Waals surface area contributed by atoms with E-state index in [4.69, 9.17) is 15.2 Å². The molecular formula is C16H22ClFN2O3. The fourth-order valence-electron chi connectivity index (χ4n) is 3.03. The van der Waals surface area contributed by atoms with E-state index in [-0.39, 0.29) is 36.3 Å². The van der Waals surface area contributed by atoms with Gasteiger partial charge in [-0.15, -0.1) is 12.4 Å². The van der Waals surface area contributed by atoms with E-state index < -0.39 is 6.10 Å². The summed E-state index contributed by atoms with van der Waals surface area (Å²) in [5.74, 6) is 0.151. The number of hydrogen-bond acceptors (Lipinski definition) is 4. The summed E-state index contributed by atoms with van der Waals surface area (Å²) in [6, 6.07) is 4.17. The quantitative estimate of drug-likeness (QED) is 0.880. The normalized spacial score (nSPS) is 26.4. The molecule has 1 aromatic carbocycles. The van der Waals surface area contributed by atoms with Gasteiger partial charge in [0.15, 0.2) is 0 Å². The van der Waals surface area contributed by atoms with Crippen molar-refractivity contribution in [1.82, 2.24) is 5.32 Å². The summed E-state index contributed by atoms with van der Waals surface area (Å²) in [6.45, 7) is 0.995. The molecule has 0 aliphatic carbocycles. The Morgan fingerprint density at radius 1 is 1.35 bits per heavy atom. The van der Waals surface area contributed by atoms with Crippen molar-refractivity contribution < 1.29 is 18.7 Å². The zero-order valence-corrected chi connectivity index (χ0v) is 13.6. The van der Waals surface area contributed by atoms with Crippen LogP contribution >= 0.6 is 12.4 Å². The van der Waals surface area contributed by atoms with E-state index in [0.29, 0.717) is 30.9 Å². The van der Waals surface area contributed by atoms with Gasteiger partial charge in [0.25, 0.3) is 0 Å². The second kappa shape index (κ2) is 7.95. The molecule has 0 bridgehead atoms. The minimum absolute atomic E-state index is 0. The second-order valence-corrected chi connectivity index (χ2v) is 5.79. The molecular weight excluding hydrogens is 323 g/mol. The Balaban J connectivity index is 0.00000192. The molecule has 3 rings (SSSR count). The topological polar surface area (TPSA) is 73.6 Å². The van der Waals surface area contributed by atoms with Crippen LogP contribution in [0, 0.1) is 5.82 Å². The van der Waals surface area contributed by atoms with Crippen LogP contribution in [0.2, 0.25) is 0 Å². The number of hydrogen-bond donors (Lipinski definition) is 2. The first-order valence-corrected chi connectivity index (χ1v) is 7.75. The van der Waals surface area contributed by atoms with Crippen molar-refractivity contribution in [3.8, 4) is 5.75 Å². The average Bonchev–Trinajstić information content (AvgIpc) is 2.92. The highest BCUT2D eigenvalue weighted by atomic mass is 35.5. The number of nitrogens with two attached hydrogens (primary N) is 1. The van der Waals surface area contributed by atoms with Crippen LogP contribution in [0.4, 0.5) is 4.39 Å². The fourth-order valence-corrected chi connectivity index (χ4v) is 3.03. The number of rotatable bonds is 3. The van der Waals surface area contributed by atoms with Crippen molar-refractivity contribution in [3.05, 3.63) is 29.6 Å². The molecule has 1 saturated heterocycles. The van der Waals surface area contributed by atoms with Gasteiger partial charge in [0.05, 0.1) is 18.8 Å². The van der Waals surface area contributed by atoms with Crippen LogP contribution < -0.4 is 15.8 Å². The third kappa shape index (κ3) is 4.13. The van der Waals surface area contributed by atoms with Gasteiger partial charge >= 0.3 is 0 Å². The summed E-state index contributed by atoms with van der Waals surface area (Å²) in [4.78, 5) is 12.4. The minimum Gasteiger partial charge on any atom is -0.493 e. The van der Waals surface area contributed by atoms with Gasteiger partial charge in [-0.25, -0.2) is 4.39 Å². The van der Waals surface area contributed by atoms with Crippen molar-refractivity contribution in [2.24, 2.45) is 5.73 Å². The molecule has 0 aromatic heterocycles. The van der Waals surface area contributed by atoms with E-state index in [1.165, 1.54) is 12.1 Å². The molecule has 1 unspecified atom stereocenters. The molecule has 2 aliphatic heterocycles. The SMILES string of the molecule is Cl.NC[C@H]1CC[C@@H](C(=O)NC2CCCOc3ccc(F)cc32)O1. The molecule has 23 heavy (non-hydrogen) atoms. The van der Waals surface area contributed by atoms with Crippen molar-refractivity contribution in [3.63, 3.8) is 0 Å². The van der Waals surface area contributed by atoms with E-state index in [9.17, 15) is 9.18 Å². The van der Waals surface area contributed by atoms with Gasteiger partial charge in [0.1, 0.15) is 17.7 Å². The lowest BCUT2D eigenvalue weighted by atomic mass is 10.0. The molecule has 1 fully saturated rings. The van der Waals surface area contributed by atoms with Crippen LogP contribution in [0.15, 0.2) is 18.2 Å². The zero-order valence-electron chi connectivity index (χ0n) is 12.8.